The number of anilines is 1. The number of ether oxygens (including phenoxy) is 1. The molecule has 7 nitrogen and oxygen atoms in total. The Labute approximate surface area is 186 Å². The monoisotopic (exact) mass is 437 g/mol. The molecule has 3 aromatic rings. The maximum atomic E-state index is 12.7. The van der Waals surface area contributed by atoms with Crippen molar-refractivity contribution in [3.8, 4) is 5.75 Å². The van der Waals surface area contributed by atoms with Gasteiger partial charge in [0.2, 0.25) is 11.1 Å². The first-order valence-corrected chi connectivity index (χ1v) is 11.3. The molecular formula is C23H27N5O2S. The normalized spacial score (nSPS) is 13.3. The van der Waals surface area contributed by atoms with Crippen LogP contribution in [0.25, 0.3) is 0 Å². The van der Waals surface area contributed by atoms with E-state index in [4.69, 9.17) is 10.6 Å². The third-order valence-electron chi connectivity index (χ3n) is 5.34. The third kappa shape index (κ3) is 4.69. The van der Waals surface area contributed by atoms with Gasteiger partial charge in [0.05, 0.1) is 5.75 Å². The van der Waals surface area contributed by atoms with Crippen LogP contribution in [-0.2, 0) is 23.2 Å². The summed E-state index contributed by atoms with van der Waals surface area (Å²) in [6, 6.07) is 16.0. The first-order chi connectivity index (χ1) is 14.8. The van der Waals surface area contributed by atoms with E-state index in [9.17, 15) is 4.79 Å². The standard InChI is InChI=1S/C23H27N5O2S/c1-23(2,3)17-8-10-18(11-9-17)30-14-20-25-26-22(28(20)24)31-15-21(29)27-13-12-16-6-4-5-7-19(16)27/h4-11H,12-15,24H2,1-3H3. The SMILES string of the molecule is CC(C)(C)c1ccc(OCc2nnc(SCC(=O)N3CCc4ccccc43)n2N)cc1. The molecule has 4 rings (SSSR count). The van der Waals surface area contributed by atoms with Gasteiger partial charge >= 0.3 is 0 Å². The molecule has 0 aliphatic carbocycles. The summed E-state index contributed by atoms with van der Waals surface area (Å²) in [4.78, 5) is 14.5. The number of nitrogens with two attached hydrogens (primary N) is 1. The Balaban J connectivity index is 1.33. The van der Waals surface area contributed by atoms with Crippen LogP contribution in [0.3, 0.4) is 0 Å². The zero-order valence-corrected chi connectivity index (χ0v) is 18.9. The summed E-state index contributed by atoms with van der Waals surface area (Å²) in [5.74, 6) is 7.66. The second-order valence-electron chi connectivity index (χ2n) is 8.54. The number of aromatic nitrogens is 3. The number of carbonyl (C=O) groups is 1. The van der Waals surface area contributed by atoms with Crippen LogP contribution >= 0.6 is 11.8 Å². The van der Waals surface area contributed by atoms with E-state index < -0.39 is 0 Å². The van der Waals surface area contributed by atoms with Crippen molar-refractivity contribution in [1.82, 2.24) is 14.9 Å². The number of hydrogen-bond donors (Lipinski definition) is 1. The largest absolute Gasteiger partial charge is 0.486 e. The van der Waals surface area contributed by atoms with Crippen LogP contribution in [0.15, 0.2) is 53.7 Å². The Bertz CT molecular complexity index is 1070. The van der Waals surface area contributed by atoms with Crippen molar-refractivity contribution in [2.75, 3.05) is 23.0 Å². The summed E-state index contributed by atoms with van der Waals surface area (Å²) in [6.45, 7) is 7.43. The van der Waals surface area contributed by atoms with Crippen molar-refractivity contribution in [3.05, 3.63) is 65.5 Å². The molecule has 31 heavy (non-hydrogen) atoms. The summed E-state index contributed by atoms with van der Waals surface area (Å²) < 4.78 is 7.20. The van der Waals surface area contributed by atoms with Gasteiger partial charge in [-0.2, -0.15) is 0 Å². The second-order valence-corrected chi connectivity index (χ2v) is 9.49. The minimum Gasteiger partial charge on any atom is -0.486 e. The summed E-state index contributed by atoms with van der Waals surface area (Å²) in [5, 5.41) is 8.72. The predicted octanol–water partition coefficient (Wildman–Crippen LogP) is 3.55. The Morgan fingerprint density at radius 3 is 2.61 bits per heavy atom. The van der Waals surface area contributed by atoms with Crippen molar-refractivity contribution in [2.24, 2.45) is 0 Å². The zero-order chi connectivity index (χ0) is 22.0. The lowest BCUT2D eigenvalue weighted by Gasteiger charge is -2.19. The summed E-state index contributed by atoms with van der Waals surface area (Å²) >= 11 is 1.28. The highest BCUT2D eigenvalue weighted by Gasteiger charge is 2.24. The molecule has 0 saturated carbocycles. The highest BCUT2D eigenvalue weighted by molar-refractivity contribution is 7.99. The van der Waals surface area contributed by atoms with Crippen LogP contribution in [-0.4, -0.2) is 33.1 Å². The lowest BCUT2D eigenvalue weighted by Crippen LogP contribution is -2.30. The number of fused-ring (bicyclic) bond motifs is 1. The molecule has 162 valence electrons. The Morgan fingerprint density at radius 1 is 1.13 bits per heavy atom. The minimum atomic E-state index is 0.0367. The second kappa shape index (κ2) is 8.63. The number of hydrogen-bond acceptors (Lipinski definition) is 6. The van der Waals surface area contributed by atoms with E-state index in [1.54, 1.807) is 0 Å². The summed E-state index contributed by atoms with van der Waals surface area (Å²) in [7, 11) is 0. The summed E-state index contributed by atoms with van der Waals surface area (Å²) in [6.07, 6.45) is 0.887. The Morgan fingerprint density at radius 2 is 1.87 bits per heavy atom. The van der Waals surface area contributed by atoms with E-state index >= 15 is 0 Å². The van der Waals surface area contributed by atoms with Gasteiger partial charge in [0.1, 0.15) is 12.4 Å². The third-order valence-corrected chi connectivity index (χ3v) is 6.26. The van der Waals surface area contributed by atoms with E-state index in [0.29, 0.717) is 17.5 Å². The van der Waals surface area contributed by atoms with Gasteiger partial charge in [0.15, 0.2) is 5.82 Å². The molecule has 2 aromatic carbocycles. The van der Waals surface area contributed by atoms with Gasteiger partial charge in [-0.15, -0.1) is 10.2 Å². The molecule has 2 heterocycles. The lowest BCUT2D eigenvalue weighted by atomic mass is 9.87. The first-order valence-electron chi connectivity index (χ1n) is 10.3. The van der Waals surface area contributed by atoms with Crippen LogP contribution < -0.4 is 15.5 Å². The molecule has 1 aliphatic rings. The molecule has 0 bridgehead atoms. The molecule has 0 spiro atoms. The van der Waals surface area contributed by atoms with E-state index in [0.717, 1.165) is 17.9 Å². The molecule has 0 atom stereocenters. The maximum Gasteiger partial charge on any atom is 0.237 e. The van der Waals surface area contributed by atoms with Crippen molar-refractivity contribution in [2.45, 2.75) is 44.4 Å². The number of thioether (sulfide) groups is 1. The molecule has 0 unspecified atom stereocenters. The quantitative estimate of drug-likeness (QED) is 0.469. The van der Waals surface area contributed by atoms with E-state index in [1.165, 1.54) is 27.6 Å². The number of benzene rings is 2. The van der Waals surface area contributed by atoms with Crippen molar-refractivity contribution >= 4 is 23.4 Å². The van der Waals surface area contributed by atoms with Gasteiger partial charge in [0, 0.05) is 12.2 Å². The van der Waals surface area contributed by atoms with Gasteiger partial charge in [-0.1, -0.05) is 62.9 Å². The molecule has 0 fully saturated rings. The topological polar surface area (TPSA) is 86.3 Å². The van der Waals surface area contributed by atoms with Crippen LogP contribution in [0.1, 0.15) is 37.7 Å². The predicted molar refractivity (Wildman–Crippen MR) is 123 cm³/mol. The molecule has 0 radical (unpaired) electrons. The van der Waals surface area contributed by atoms with Gasteiger partial charge in [0.25, 0.3) is 0 Å². The van der Waals surface area contributed by atoms with E-state index in [2.05, 4.69) is 49.2 Å². The molecule has 1 amide bonds. The zero-order valence-electron chi connectivity index (χ0n) is 18.0. The van der Waals surface area contributed by atoms with E-state index in [1.807, 2.05) is 35.2 Å². The van der Waals surface area contributed by atoms with Gasteiger partial charge in [-0.25, -0.2) is 4.68 Å². The maximum absolute atomic E-state index is 12.7. The fourth-order valence-corrected chi connectivity index (χ4v) is 4.26. The molecule has 1 aromatic heterocycles. The van der Waals surface area contributed by atoms with Gasteiger partial charge < -0.3 is 15.5 Å². The van der Waals surface area contributed by atoms with Crippen LogP contribution in [0.2, 0.25) is 0 Å². The molecule has 1 aliphatic heterocycles. The highest BCUT2D eigenvalue weighted by Crippen LogP contribution is 2.29. The number of nitrogen functional groups attached to an aromatic ring is 1. The molecular weight excluding hydrogens is 410 g/mol. The fraction of sp³-hybridized carbons (Fsp3) is 0.348. The van der Waals surface area contributed by atoms with Gasteiger partial charge in [-0.3, -0.25) is 4.79 Å². The van der Waals surface area contributed by atoms with Crippen molar-refractivity contribution in [1.29, 1.82) is 0 Å². The number of carbonyl (C=O) groups excluding carboxylic acids is 1. The summed E-state index contributed by atoms with van der Waals surface area (Å²) in [5.41, 5.74) is 3.54. The molecule has 2 N–H and O–H groups in total. The van der Waals surface area contributed by atoms with Gasteiger partial charge in [-0.05, 0) is 41.2 Å². The smallest absolute Gasteiger partial charge is 0.237 e. The molecule has 8 heteroatoms. The van der Waals surface area contributed by atoms with Crippen molar-refractivity contribution < 1.29 is 9.53 Å². The van der Waals surface area contributed by atoms with E-state index in [-0.39, 0.29) is 23.7 Å². The van der Waals surface area contributed by atoms with Crippen LogP contribution in [0, 0.1) is 0 Å². The Kier molecular flexibility index (Phi) is 5.91. The first kappa shape index (κ1) is 21.2. The number of amides is 1. The minimum absolute atomic E-state index is 0.0367. The highest BCUT2D eigenvalue weighted by atomic mass is 32.2. The number of rotatable bonds is 6. The fourth-order valence-electron chi connectivity index (χ4n) is 3.50. The average Bonchev–Trinajstić information content (AvgIpc) is 3.34. The van der Waals surface area contributed by atoms with Crippen LogP contribution in [0.4, 0.5) is 5.69 Å². The number of para-hydroxylation sites is 1. The van der Waals surface area contributed by atoms with Crippen molar-refractivity contribution in [3.63, 3.8) is 0 Å². The van der Waals surface area contributed by atoms with Crippen LogP contribution in [0.5, 0.6) is 5.75 Å². The number of nitrogens with zero attached hydrogens (tertiary/aromatic N) is 4. The lowest BCUT2D eigenvalue weighted by molar-refractivity contribution is -0.116. The Hall–Kier alpha value is -3.00. The average molecular weight is 438 g/mol. The molecule has 0 saturated heterocycles.